The predicted molar refractivity (Wildman–Crippen MR) is 81.7 cm³/mol. The third-order valence-corrected chi connectivity index (χ3v) is 5.55. The molecular formula is C16H30BNO. The normalized spacial score (nSPS) is 41.5. The largest absolute Gasteiger partial charge is 0.377 e. The molecule has 0 amide bonds. The van der Waals surface area contributed by atoms with E-state index in [4.69, 9.17) is 12.6 Å². The summed E-state index contributed by atoms with van der Waals surface area (Å²) < 4.78 is 5.55. The van der Waals surface area contributed by atoms with Crippen LogP contribution in [0, 0.1) is 11.8 Å². The van der Waals surface area contributed by atoms with Crippen molar-refractivity contribution in [2.75, 3.05) is 26.8 Å². The Labute approximate surface area is 120 Å². The zero-order valence-corrected chi connectivity index (χ0v) is 13.2. The van der Waals surface area contributed by atoms with Crippen LogP contribution in [0.5, 0.6) is 0 Å². The molecule has 0 aromatic rings. The van der Waals surface area contributed by atoms with E-state index in [2.05, 4.69) is 18.9 Å². The summed E-state index contributed by atoms with van der Waals surface area (Å²) in [4.78, 5) is 2.57. The van der Waals surface area contributed by atoms with Gasteiger partial charge in [0.15, 0.2) is 0 Å². The molecule has 2 saturated heterocycles. The van der Waals surface area contributed by atoms with Crippen molar-refractivity contribution in [3.8, 4) is 0 Å². The first-order valence-corrected chi connectivity index (χ1v) is 8.11. The van der Waals surface area contributed by atoms with Crippen LogP contribution in [0.15, 0.2) is 0 Å². The molecule has 1 aliphatic carbocycles. The van der Waals surface area contributed by atoms with Crippen molar-refractivity contribution in [2.24, 2.45) is 11.8 Å². The second-order valence-electron chi connectivity index (χ2n) is 6.92. The molecule has 2 nitrogen and oxygen atoms in total. The molecule has 3 unspecified atom stereocenters. The lowest BCUT2D eigenvalue weighted by Crippen LogP contribution is -2.69. The molecule has 1 saturated carbocycles. The van der Waals surface area contributed by atoms with E-state index in [0.29, 0.717) is 5.54 Å². The fraction of sp³-hybridized carbons (Fsp3) is 1.00. The van der Waals surface area contributed by atoms with Crippen LogP contribution in [0.1, 0.15) is 52.9 Å². The highest BCUT2D eigenvalue weighted by atomic mass is 16.5. The first-order chi connectivity index (χ1) is 9.04. The SMILES string of the molecule is CC.[B]C1(C)CCCC2C(CCN(C)C23COC3)C1. The van der Waals surface area contributed by atoms with Gasteiger partial charge in [-0.1, -0.05) is 45.3 Å². The van der Waals surface area contributed by atoms with Gasteiger partial charge in [0.2, 0.25) is 0 Å². The Morgan fingerprint density at radius 1 is 1.21 bits per heavy atom. The highest BCUT2D eigenvalue weighted by molar-refractivity contribution is 6.14. The number of nitrogens with zero attached hydrogens (tertiary/aromatic N) is 1. The minimum Gasteiger partial charge on any atom is -0.377 e. The van der Waals surface area contributed by atoms with E-state index in [9.17, 15) is 0 Å². The number of rotatable bonds is 0. The summed E-state index contributed by atoms with van der Waals surface area (Å²) in [6.07, 6.45) is 6.39. The number of fused-ring (bicyclic) bond motifs is 2. The Morgan fingerprint density at radius 3 is 2.47 bits per heavy atom. The quantitative estimate of drug-likeness (QED) is 0.622. The standard InChI is InChI=1S/C14H24BNO.C2H6/c1-13(15)6-3-4-12-11(8-13)5-7-16(2)14(12)9-17-10-14;1-2/h11-12H,3-10H2,1-2H3;1-2H3. The van der Waals surface area contributed by atoms with Gasteiger partial charge in [-0.15, -0.1) is 0 Å². The van der Waals surface area contributed by atoms with Crippen LogP contribution in [0.25, 0.3) is 0 Å². The molecule has 3 atom stereocenters. The van der Waals surface area contributed by atoms with Gasteiger partial charge >= 0.3 is 0 Å². The highest BCUT2D eigenvalue weighted by Crippen LogP contribution is 2.52. The molecule has 3 aliphatic rings. The van der Waals surface area contributed by atoms with Gasteiger partial charge in [-0.2, -0.15) is 0 Å². The molecule has 0 aromatic carbocycles. The van der Waals surface area contributed by atoms with E-state index in [1.165, 1.54) is 38.6 Å². The smallest absolute Gasteiger partial charge is 0.0742 e. The lowest BCUT2D eigenvalue weighted by atomic mass is 9.60. The Hall–Kier alpha value is -0.0151. The lowest BCUT2D eigenvalue weighted by molar-refractivity contribution is -0.191. The summed E-state index contributed by atoms with van der Waals surface area (Å²) in [5.74, 6) is 1.65. The zero-order chi connectivity index (χ0) is 14.1. The molecule has 2 aliphatic heterocycles. The van der Waals surface area contributed by atoms with Crippen molar-refractivity contribution in [3.63, 3.8) is 0 Å². The van der Waals surface area contributed by atoms with E-state index >= 15 is 0 Å². The Bertz CT molecular complexity index is 301. The Morgan fingerprint density at radius 2 is 1.89 bits per heavy atom. The van der Waals surface area contributed by atoms with Gasteiger partial charge in [-0.25, -0.2) is 0 Å². The molecule has 0 aromatic heterocycles. The van der Waals surface area contributed by atoms with Gasteiger partial charge in [-0.05, 0) is 38.3 Å². The maximum Gasteiger partial charge on any atom is 0.0742 e. The summed E-state index contributed by atoms with van der Waals surface area (Å²) in [5, 5.41) is 0.0706. The summed E-state index contributed by atoms with van der Waals surface area (Å²) in [6.45, 7) is 9.37. The van der Waals surface area contributed by atoms with Crippen LogP contribution in [-0.4, -0.2) is 45.1 Å². The summed E-state index contributed by atoms with van der Waals surface area (Å²) in [7, 11) is 8.71. The second-order valence-corrected chi connectivity index (χ2v) is 6.92. The molecule has 1 spiro atoms. The van der Waals surface area contributed by atoms with Gasteiger partial charge < -0.3 is 4.74 Å². The van der Waals surface area contributed by atoms with Crippen molar-refractivity contribution in [1.29, 1.82) is 0 Å². The lowest BCUT2D eigenvalue weighted by Gasteiger charge is -2.58. The molecule has 2 radical (unpaired) electrons. The molecule has 3 heteroatoms. The molecular weight excluding hydrogens is 233 g/mol. The molecule has 19 heavy (non-hydrogen) atoms. The van der Waals surface area contributed by atoms with Gasteiger partial charge in [0.1, 0.15) is 0 Å². The minimum atomic E-state index is 0.0706. The van der Waals surface area contributed by atoms with E-state index in [0.717, 1.165) is 25.0 Å². The van der Waals surface area contributed by atoms with Gasteiger partial charge in [-0.3, -0.25) is 4.90 Å². The monoisotopic (exact) mass is 263 g/mol. The molecule has 0 bridgehead atoms. The third-order valence-electron chi connectivity index (χ3n) is 5.55. The molecule has 0 N–H and O–H groups in total. The number of piperidine rings is 1. The summed E-state index contributed by atoms with van der Waals surface area (Å²) in [6, 6.07) is 0. The summed E-state index contributed by atoms with van der Waals surface area (Å²) in [5.41, 5.74) is 0.364. The Balaban J connectivity index is 0.000000637. The van der Waals surface area contributed by atoms with Crippen LogP contribution < -0.4 is 0 Å². The number of likely N-dealkylation sites (tertiary alicyclic amines) is 1. The molecule has 3 fully saturated rings. The van der Waals surface area contributed by atoms with Crippen molar-refractivity contribution in [1.82, 2.24) is 4.90 Å². The van der Waals surface area contributed by atoms with Crippen LogP contribution in [0.2, 0.25) is 5.31 Å². The number of hydrogen-bond donors (Lipinski definition) is 0. The average molecular weight is 263 g/mol. The first-order valence-electron chi connectivity index (χ1n) is 8.11. The van der Waals surface area contributed by atoms with Crippen LogP contribution in [-0.2, 0) is 4.74 Å². The van der Waals surface area contributed by atoms with Crippen molar-refractivity contribution in [3.05, 3.63) is 0 Å². The van der Waals surface area contributed by atoms with Crippen LogP contribution >= 0.6 is 0 Å². The second kappa shape index (κ2) is 5.77. The molecule has 2 heterocycles. The maximum absolute atomic E-state index is 6.42. The van der Waals surface area contributed by atoms with Crippen LogP contribution in [0.4, 0.5) is 0 Å². The topological polar surface area (TPSA) is 12.5 Å². The Kier molecular flexibility index (Phi) is 4.67. The van der Waals surface area contributed by atoms with Gasteiger partial charge in [0, 0.05) is 0 Å². The van der Waals surface area contributed by atoms with Crippen molar-refractivity contribution >= 4 is 7.85 Å². The van der Waals surface area contributed by atoms with E-state index < -0.39 is 0 Å². The van der Waals surface area contributed by atoms with E-state index in [-0.39, 0.29) is 5.31 Å². The van der Waals surface area contributed by atoms with Crippen LogP contribution in [0.3, 0.4) is 0 Å². The van der Waals surface area contributed by atoms with E-state index in [1.807, 2.05) is 13.8 Å². The number of likely N-dealkylation sites (N-methyl/N-ethyl adjacent to an activating group) is 1. The van der Waals surface area contributed by atoms with Crippen molar-refractivity contribution < 1.29 is 4.74 Å². The van der Waals surface area contributed by atoms with Gasteiger partial charge in [0.25, 0.3) is 0 Å². The average Bonchev–Trinajstić information content (AvgIpc) is 2.47. The predicted octanol–water partition coefficient (Wildman–Crippen LogP) is 3.27. The van der Waals surface area contributed by atoms with E-state index in [1.54, 1.807) is 0 Å². The first kappa shape index (κ1) is 15.4. The molecule has 108 valence electrons. The maximum atomic E-state index is 6.42. The van der Waals surface area contributed by atoms with Gasteiger partial charge in [0.05, 0.1) is 26.6 Å². The number of ether oxygens (including phenoxy) is 1. The summed E-state index contributed by atoms with van der Waals surface area (Å²) >= 11 is 0. The zero-order valence-electron chi connectivity index (χ0n) is 13.2. The third kappa shape index (κ3) is 2.74. The fourth-order valence-corrected chi connectivity index (χ4v) is 4.43. The van der Waals surface area contributed by atoms with Crippen molar-refractivity contribution in [2.45, 2.75) is 63.7 Å². The molecule has 3 rings (SSSR count). The fourth-order valence-electron chi connectivity index (χ4n) is 4.43. The highest BCUT2D eigenvalue weighted by Gasteiger charge is 2.54. The number of hydrogen-bond acceptors (Lipinski definition) is 2. The minimum absolute atomic E-state index is 0.0706.